The Labute approximate surface area is 101 Å². The van der Waals surface area contributed by atoms with Crippen molar-refractivity contribution in [2.24, 2.45) is 5.41 Å². The van der Waals surface area contributed by atoms with Crippen LogP contribution in [0.5, 0.6) is 0 Å². The number of likely N-dealkylation sites (N-methyl/N-ethyl adjacent to an activating group) is 1. The molecule has 1 aliphatic carbocycles. The zero-order valence-corrected chi connectivity index (χ0v) is 10.5. The summed E-state index contributed by atoms with van der Waals surface area (Å²) in [5.74, 6) is 0.953. The molecule has 0 aromatic heterocycles. The summed E-state index contributed by atoms with van der Waals surface area (Å²) in [7, 11) is 0. The van der Waals surface area contributed by atoms with E-state index in [-0.39, 0.29) is 30.3 Å². The molecule has 0 unspecified atom stereocenters. The van der Waals surface area contributed by atoms with Crippen LogP contribution in [0.4, 0.5) is 0 Å². The molecule has 16 heavy (non-hydrogen) atoms. The third-order valence-electron chi connectivity index (χ3n) is 3.56. The number of nitrogens with zero attached hydrogens (tertiary/aromatic N) is 2. The molecule has 0 N–H and O–H groups in total. The molecule has 2 fully saturated rings. The van der Waals surface area contributed by atoms with Gasteiger partial charge in [-0.3, -0.25) is 9.59 Å². The van der Waals surface area contributed by atoms with E-state index in [0.717, 1.165) is 18.6 Å². The van der Waals surface area contributed by atoms with Gasteiger partial charge in [0.05, 0.1) is 13.1 Å². The fourth-order valence-electron chi connectivity index (χ4n) is 2.08. The molecule has 0 atom stereocenters. The van der Waals surface area contributed by atoms with Crippen molar-refractivity contribution in [3.05, 3.63) is 0 Å². The van der Waals surface area contributed by atoms with Crippen LogP contribution >= 0.6 is 12.6 Å². The highest BCUT2D eigenvalue weighted by Crippen LogP contribution is 2.47. The third kappa shape index (κ3) is 2.19. The van der Waals surface area contributed by atoms with Gasteiger partial charge in [0, 0.05) is 13.1 Å². The van der Waals surface area contributed by atoms with Gasteiger partial charge in [-0.25, -0.2) is 0 Å². The highest BCUT2D eigenvalue weighted by Gasteiger charge is 2.44. The number of hydrogen-bond donors (Lipinski definition) is 1. The minimum absolute atomic E-state index is 0.0667. The Hall–Kier alpha value is -0.710. The maximum absolute atomic E-state index is 11.8. The topological polar surface area (TPSA) is 40.6 Å². The molecular formula is C11H18N2O2S. The molecule has 1 saturated carbocycles. The molecule has 2 amide bonds. The quantitative estimate of drug-likeness (QED) is 0.724. The van der Waals surface area contributed by atoms with Crippen molar-refractivity contribution in [1.82, 2.24) is 9.80 Å². The second-order valence-corrected chi connectivity index (χ2v) is 5.13. The Morgan fingerprint density at radius 1 is 1.19 bits per heavy atom. The first kappa shape index (κ1) is 11.8. The van der Waals surface area contributed by atoms with E-state index < -0.39 is 0 Å². The molecular weight excluding hydrogens is 224 g/mol. The minimum Gasteiger partial charge on any atom is -0.332 e. The molecule has 1 aliphatic heterocycles. The van der Waals surface area contributed by atoms with E-state index >= 15 is 0 Å². The Balaban J connectivity index is 1.96. The fraction of sp³-hybridized carbons (Fsp3) is 0.818. The van der Waals surface area contributed by atoms with Crippen LogP contribution in [-0.4, -0.2) is 53.5 Å². The summed E-state index contributed by atoms with van der Waals surface area (Å²) in [5, 5.41) is 0. The summed E-state index contributed by atoms with van der Waals surface area (Å²) in [6.07, 6.45) is 2.26. The van der Waals surface area contributed by atoms with Gasteiger partial charge in [0.1, 0.15) is 0 Å². The van der Waals surface area contributed by atoms with Gasteiger partial charge in [-0.05, 0) is 30.9 Å². The van der Waals surface area contributed by atoms with Crippen LogP contribution in [0.1, 0.15) is 19.8 Å². The molecule has 1 heterocycles. The van der Waals surface area contributed by atoms with E-state index in [1.807, 2.05) is 6.92 Å². The van der Waals surface area contributed by atoms with E-state index in [1.165, 1.54) is 0 Å². The molecule has 2 aliphatic rings. The molecule has 1 saturated heterocycles. The van der Waals surface area contributed by atoms with Crippen LogP contribution in [0.25, 0.3) is 0 Å². The zero-order chi connectivity index (χ0) is 11.8. The van der Waals surface area contributed by atoms with Crippen LogP contribution in [-0.2, 0) is 9.59 Å². The van der Waals surface area contributed by atoms with Crippen LogP contribution < -0.4 is 0 Å². The van der Waals surface area contributed by atoms with Crippen molar-refractivity contribution in [3.8, 4) is 0 Å². The Kier molecular flexibility index (Phi) is 3.15. The molecule has 0 bridgehead atoms. The van der Waals surface area contributed by atoms with Crippen molar-refractivity contribution in [2.45, 2.75) is 19.8 Å². The number of carbonyl (C=O) groups is 2. The average Bonchev–Trinajstić information content (AvgIpc) is 3.03. The first-order chi connectivity index (χ1) is 7.60. The Bertz CT molecular complexity index is 315. The van der Waals surface area contributed by atoms with Crippen LogP contribution in [0.15, 0.2) is 0 Å². The van der Waals surface area contributed by atoms with Crippen molar-refractivity contribution < 1.29 is 9.59 Å². The predicted octanol–water partition coefficient (Wildman–Crippen LogP) is 0.387. The van der Waals surface area contributed by atoms with Gasteiger partial charge in [-0.15, -0.1) is 0 Å². The number of thiol groups is 1. The van der Waals surface area contributed by atoms with Gasteiger partial charge in [0.25, 0.3) is 0 Å². The molecule has 90 valence electrons. The standard InChI is InChI=1S/C11H18N2O2S/c1-2-12-5-10(15)13(6-9(12)14)7-11(8-16)3-4-11/h16H,2-8H2,1H3. The van der Waals surface area contributed by atoms with E-state index in [4.69, 9.17) is 0 Å². The van der Waals surface area contributed by atoms with Crippen LogP contribution in [0, 0.1) is 5.41 Å². The molecule has 5 heteroatoms. The highest BCUT2D eigenvalue weighted by atomic mass is 32.1. The van der Waals surface area contributed by atoms with Gasteiger partial charge in [-0.2, -0.15) is 12.6 Å². The lowest BCUT2D eigenvalue weighted by Gasteiger charge is -2.35. The average molecular weight is 242 g/mol. The third-order valence-corrected chi connectivity index (χ3v) is 4.23. The normalized spacial score (nSPS) is 23.9. The molecule has 4 nitrogen and oxygen atoms in total. The molecule has 0 radical (unpaired) electrons. The van der Waals surface area contributed by atoms with Crippen molar-refractivity contribution in [3.63, 3.8) is 0 Å². The number of carbonyl (C=O) groups excluding carboxylic acids is 2. The van der Waals surface area contributed by atoms with Crippen molar-refractivity contribution in [1.29, 1.82) is 0 Å². The zero-order valence-electron chi connectivity index (χ0n) is 9.61. The SMILES string of the molecule is CCN1CC(=O)N(CC2(CS)CC2)CC1=O. The summed E-state index contributed by atoms with van der Waals surface area (Å²) in [5.41, 5.74) is 0.202. The van der Waals surface area contributed by atoms with E-state index in [9.17, 15) is 9.59 Å². The first-order valence-corrected chi connectivity index (χ1v) is 6.40. The summed E-state index contributed by atoms with van der Waals surface area (Å²) < 4.78 is 0. The highest BCUT2D eigenvalue weighted by molar-refractivity contribution is 7.80. The minimum atomic E-state index is 0.0667. The van der Waals surface area contributed by atoms with Gasteiger partial charge < -0.3 is 9.80 Å². The molecule has 2 rings (SSSR count). The molecule has 0 spiro atoms. The van der Waals surface area contributed by atoms with Crippen LogP contribution in [0.2, 0.25) is 0 Å². The summed E-state index contributed by atoms with van der Waals surface area (Å²) >= 11 is 4.32. The lowest BCUT2D eigenvalue weighted by molar-refractivity contribution is -0.150. The predicted molar refractivity (Wildman–Crippen MR) is 64.4 cm³/mol. The second kappa shape index (κ2) is 4.28. The lowest BCUT2D eigenvalue weighted by Crippen LogP contribution is -2.54. The largest absolute Gasteiger partial charge is 0.332 e. The van der Waals surface area contributed by atoms with Gasteiger partial charge in [-0.1, -0.05) is 0 Å². The first-order valence-electron chi connectivity index (χ1n) is 5.77. The monoisotopic (exact) mass is 242 g/mol. The summed E-state index contributed by atoms with van der Waals surface area (Å²) in [6.45, 7) is 3.73. The van der Waals surface area contributed by atoms with Gasteiger partial charge in [0.2, 0.25) is 11.8 Å². The van der Waals surface area contributed by atoms with Crippen molar-refractivity contribution in [2.75, 3.05) is 31.9 Å². The molecule has 0 aromatic rings. The number of piperazine rings is 1. The maximum Gasteiger partial charge on any atom is 0.242 e. The van der Waals surface area contributed by atoms with Crippen molar-refractivity contribution >= 4 is 24.4 Å². The molecule has 0 aromatic carbocycles. The summed E-state index contributed by atoms with van der Waals surface area (Å²) in [6, 6.07) is 0. The summed E-state index contributed by atoms with van der Waals surface area (Å²) in [4.78, 5) is 26.8. The van der Waals surface area contributed by atoms with Gasteiger partial charge in [0.15, 0.2) is 0 Å². The van der Waals surface area contributed by atoms with Gasteiger partial charge >= 0.3 is 0 Å². The second-order valence-electron chi connectivity index (χ2n) is 4.82. The van der Waals surface area contributed by atoms with E-state index in [1.54, 1.807) is 9.80 Å². The van der Waals surface area contributed by atoms with E-state index in [2.05, 4.69) is 12.6 Å². The fourth-order valence-corrected chi connectivity index (χ4v) is 2.50. The Morgan fingerprint density at radius 2 is 1.75 bits per heavy atom. The lowest BCUT2D eigenvalue weighted by atomic mass is 10.1. The number of rotatable bonds is 4. The smallest absolute Gasteiger partial charge is 0.242 e. The Morgan fingerprint density at radius 3 is 2.25 bits per heavy atom. The maximum atomic E-state index is 11.8. The van der Waals surface area contributed by atoms with Crippen LogP contribution in [0.3, 0.4) is 0 Å². The number of amides is 2. The van der Waals surface area contributed by atoms with E-state index in [0.29, 0.717) is 13.1 Å². The number of hydrogen-bond acceptors (Lipinski definition) is 3.